The van der Waals surface area contributed by atoms with Gasteiger partial charge in [0.15, 0.2) is 12.1 Å². The van der Waals surface area contributed by atoms with E-state index in [0.29, 0.717) is 41.7 Å². The smallest absolute Gasteiger partial charge is 0.339 e. The Morgan fingerprint density at radius 2 is 1.92 bits per heavy atom. The number of fused-ring (bicyclic) bond motifs is 3. The molecule has 6 nitrogen and oxygen atoms in total. The number of carbonyl (C=O) groups excluding carboxylic acids is 2. The van der Waals surface area contributed by atoms with E-state index in [1.54, 1.807) is 19.1 Å². The molecule has 1 aromatic carbocycles. The van der Waals surface area contributed by atoms with E-state index in [1.165, 1.54) is 11.6 Å². The van der Waals surface area contributed by atoms with Crippen molar-refractivity contribution >= 4 is 17.8 Å². The van der Waals surface area contributed by atoms with Gasteiger partial charge in [-0.2, -0.15) is 0 Å². The summed E-state index contributed by atoms with van der Waals surface area (Å²) in [7, 11) is 0. The van der Waals surface area contributed by atoms with E-state index in [1.807, 2.05) is 12.2 Å². The number of allylic oxidation sites excluding steroid dienone is 5. The highest BCUT2D eigenvalue weighted by atomic mass is 16.7. The van der Waals surface area contributed by atoms with Gasteiger partial charge in [0.25, 0.3) is 0 Å². The van der Waals surface area contributed by atoms with Crippen LogP contribution in [0.25, 0.3) is 5.57 Å². The first-order valence-electron chi connectivity index (χ1n) is 14.0. The van der Waals surface area contributed by atoms with Crippen LogP contribution in [0.5, 0.6) is 5.75 Å². The fourth-order valence-electron chi connectivity index (χ4n) is 6.02. The van der Waals surface area contributed by atoms with Gasteiger partial charge in [0.05, 0.1) is 17.8 Å². The number of aryl methyl sites for hydroxylation is 1. The van der Waals surface area contributed by atoms with Crippen molar-refractivity contribution in [2.24, 2.45) is 11.8 Å². The van der Waals surface area contributed by atoms with E-state index in [-0.39, 0.29) is 29.4 Å². The van der Waals surface area contributed by atoms with Gasteiger partial charge in [-0.3, -0.25) is 4.79 Å². The molecule has 3 aliphatic rings. The number of ether oxygens (including phenoxy) is 3. The Kier molecular flexibility index (Phi) is 8.94. The second kappa shape index (κ2) is 12.0. The number of benzene rings is 1. The Labute approximate surface area is 226 Å². The third-order valence-corrected chi connectivity index (χ3v) is 8.19. The first-order chi connectivity index (χ1) is 18.1. The SMILES string of the molecule is CC[C@H]1O[C@]2(CC[C@@H]1C)C[C@@H]1C[C@@H](CC=C(C)C[C@@H](C)C=CC=C(C=O)c3cc(O)c(C)cc3C(=O)O1)O2. The summed E-state index contributed by atoms with van der Waals surface area (Å²) in [6.07, 6.45) is 13.4. The Morgan fingerprint density at radius 1 is 1.13 bits per heavy atom. The first kappa shape index (κ1) is 28.3. The molecule has 1 aromatic rings. The molecule has 206 valence electrons. The van der Waals surface area contributed by atoms with Gasteiger partial charge < -0.3 is 19.3 Å². The molecular formula is C32H42O6. The molecule has 0 unspecified atom stereocenters. The zero-order valence-electron chi connectivity index (χ0n) is 23.4. The summed E-state index contributed by atoms with van der Waals surface area (Å²) in [5, 5.41) is 10.4. The Bertz CT molecular complexity index is 1130. The quantitative estimate of drug-likeness (QED) is 0.260. The van der Waals surface area contributed by atoms with Gasteiger partial charge in [0, 0.05) is 30.4 Å². The van der Waals surface area contributed by atoms with E-state index >= 15 is 0 Å². The third-order valence-electron chi connectivity index (χ3n) is 8.19. The predicted octanol–water partition coefficient (Wildman–Crippen LogP) is 6.84. The van der Waals surface area contributed by atoms with Crippen LogP contribution in [0.3, 0.4) is 0 Å². The molecule has 2 saturated heterocycles. The molecule has 6 heteroatoms. The second-order valence-corrected chi connectivity index (χ2v) is 11.5. The lowest BCUT2D eigenvalue weighted by molar-refractivity contribution is -0.334. The third kappa shape index (κ3) is 6.47. The van der Waals surface area contributed by atoms with Crippen molar-refractivity contribution in [3.63, 3.8) is 0 Å². The molecule has 1 N–H and O–H groups in total. The van der Waals surface area contributed by atoms with Crippen molar-refractivity contribution in [2.45, 2.75) is 104 Å². The monoisotopic (exact) mass is 522 g/mol. The molecule has 0 saturated carbocycles. The standard InChI is InChI=1S/C32H42O6/c1-6-30-22(4)12-13-32(38-30)18-26-16-25(37-32)11-10-21(3)14-20(2)8-7-9-24(19-33)27-17-29(34)23(5)15-28(27)31(35)36-26/h7-10,15,17,19-20,22,25-26,30,34H,6,11-14,16,18H2,1-5H3/t20-,22-,25+,26-,30+,32+/m0/s1. The average molecular weight is 523 g/mol. The number of rotatable bonds is 2. The van der Waals surface area contributed by atoms with Crippen LogP contribution in [-0.2, 0) is 19.0 Å². The van der Waals surface area contributed by atoms with Gasteiger partial charge >= 0.3 is 5.97 Å². The maximum Gasteiger partial charge on any atom is 0.339 e. The number of hydrogen-bond donors (Lipinski definition) is 1. The second-order valence-electron chi connectivity index (χ2n) is 11.5. The van der Waals surface area contributed by atoms with Gasteiger partial charge in [0.1, 0.15) is 11.9 Å². The summed E-state index contributed by atoms with van der Waals surface area (Å²) >= 11 is 0. The van der Waals surface area contributed by atoms with Crippen molar-refractivity contribution in [1.29, 1.82) is 0 Å². The molecule has 0 aliphatic carbocycles. The zero-order chi connectivity index (χ0) is 27.4. The molecule has 3 heterocycles. The van der Waals surface area contributed by atoms with Gasteiger partial charge in [-0.1, -0.05) is 50.6 Å². The van der Waals surface area contributed by atoms with Crippen LogP contribution in [0.4, 0.5) is 0 Å². The minimum atomic E-state index is -0.772. The van der Waals surface area contributed by atoms with Crippen molar-refractivity contribution in [2.75, 3.05) is 0 Å². The van der Waals surface area contributed by atoms with Gasteiger partial charge in [-0.25, -0.2) is 4.79 Å². The molecule has 0 radical (unpaired) electrons. The topological polar surface area (TPSA) is 82.1 Å². The van der Waals surface area contributed by atoms with Crippen LogP contribution in [-0.4, -0.2) is 41.5 Å². The number of esters is 1. The summed E-state index contributed by atoms with van der Waals surface area (Å²) in [6, 6.07) is 3.08. The maximum atomic E-state index is 13.6. The number of phenolic OH excluding ortho intramolecular Hbond substituents is 1. The molecular weight excluding hydrogens is 480 g/mol. The lowest BCUT2D eigenvalue weighted by Gasteiger charge is -2.49. The molecule has 38 heavy (non-hydrogen) atoms. The van der Waals surface area contributed by atoms with Crippen molar-refractivity contribution in [1.82, 2.24) is 0 Å². The Balaban J connectivity index is 1.74. The highest BCUT2D eigenvalue weighted by molar-refractivity contribution is 6.12. The zero-order valence-corrected chi connectivity index (χ0v) is 23.4. The van der Waals surface area contributed by atoms with E-state index in [9.17, 15) is 14.7 Å². The Morgan fingerprint density at radius 3 is 2.66 bits per heavy atom. The lowest BCUT2D eigenvalue weighted by atomic mass is 9.85. The molecule has 4 rings (SSSR count). The molecule has 6 atom stereocenters. The largest absolute Gasteiger partial charge is 0.508 e. The molecule has 2 fully saturated rings. The lowest BCUT2D eigenvalue weighted by Crippen LogP contribution is -2.54. The summed E-state index contributed by atoms with van der Waals surface area (Å²) in [5.41, 5.74) is 2.75. The predicted molar refractivity (Wildman–Crippen MR) is 148 cm³/mol. The number of hydrogen-bond acceptors (Lipinski definition) is 6. The fraction of sp³-hybridized carbons (Fsp3) is 0.562. The minimum absolute atomic E-state index is 0.0252. The van der Waals surface area contributed by atoms with Crippen molar-refractivity contribution < 1.29 is 28.9 Å². The average Bonchev–Trinajstić information content (AvgIpc) is 2.88. The number of phenols is 1. The van der Waals surface area contributed by atoms with E-state index < -0.39 is 17.9 Å². The van der Waals surface area contributed by atoms with Crippen LogP contribution < -0.4 is 0 Å². The highest BCUT2D eigenvalue weighted by Gasteiger charge is 2.48. The Hall–Kier alpha value is -2.70. The van der Waals surface area contributed by atoms with Crippen LogP contribution in [0, 0.1) is 18.8 Å². The van der Waals surface area contributed by atoms with E-state index in [4.69, 9.17) is 14.2 Å². The maximum absolute atomic E-state index is 13.6. The molecule has 0 aromatic heterocycles. The van der Waals surface area contributed by atoms with Gasteiger partial charge in [-0.15, -0.1) is 0 Å². The van der Waals surface area contributed by atoms with Crippen molar-refractivity contribution in [3.05, 3.63) is 58.7 Å². The number of carbonyl (C=O) groups is 2. The highest BCUT2D eigenvalue weighted by Crippen LogP contribution is 2.43. The van der Waals surface area contributed by atoms with Crippen molar-refractivity contribution in [3.8, 4) is 5.75 Å². The summed E-state index contributed by atoms with van der Waals surface area (Å²) < 4.78 is 19.4. The van der Waals surface area contributed by atoms with Crippen LogP contribution in [0.15, 0.2) is 42.0 Å². The van der Waals surface area contributed by atoms with Crippen LogP contribution >= 0.6 is 0 Å². The van der Waals surface area contributed by atoms with E-state index in [2.05, 4.69) is 33.8 Å². The van der Waals surface area contributed by atoms with Gasteiger partial charge in [-0.05, 0) is 69.1 Å². The fourth-order valence-corrected chi connectivity index (χ4v) is 6.02. The number of aldehydes is 1. The molecule has 2 bridgehead atoms. The minimum Gasteiger partial charge on any atom is -0.508 e. The number of aromatic hydroxyl groups is 1. The molecule has 3 aliphatic heterocycles. The van der Waals surface area contributed by atoms with Crippen LogP contribution in [0.2, 0.25) is 0 Å². The summed E-state index contributed by atoms with van der Waals surface area (Å²) in [6.45, 7) is 10.3. The first-order valence-corrected chi connectivity index (χ1v) is 14.0. The van der Waals surface area contributed by atoms with E-state index in [0.717, 1.165) is 32.1 Å². The summed E-state index contributed by atoms with van der Waals surface area (Å²) in [5.74, 6) is -0.541. The van der Waals surface area contributed by atoms with Gasteiger partial charge in [0.2, 0.25) is 0 Å². The normalized spacial score (nSPS) is 32.7. The molecule has 0 amide bonds. The van der Waals surface area contributed by atoms with Crippen LogP contribution in [0.1, 0.15) is 94.1 Å². The summed E-state index contributed by atoms with van der Waals surface area (Å²) in [4.78, 5) is 25.7. The molecule has 1 spiro atoms.